The molecule has 1 aromatic carbocycles. The maximum absolute atomic E-state index is 11.8. The van der Waals surface area contributed by atoms with Gasteiger partial charge in [-0.3, -0.25) is 9.59 Å². The summed E-state index contributed by atoms with van der Waals surface area (Å²) < 4.78 is 4.91. The summed E-state index contributed by atoms with van der Waals surface area (Å²) in [5, 5.41) is 8.28. The third kappa shape index (κ3) is 5.81. The van der Waals surface area contributed by atoms with Gasteiger partial charge >= 0.3 is 0 Å². The molecule has 0 aromatic heterocycles. The van der Waals surface area contributed by atoms with Gasteiger partial charge in [0.05, 0.1) is 6.54 Å². The van der Waals surface area contributed by atoms with Gasteiger partial charge in [-0.05, 0) is 37.7 Å². The fourth-order valence-electron chi connectivity index (χ4n) is 1.59. The minimum absolute atomic E-state index is 0.121. The normalized spacial score (nSPS) is 10.1. The Morgan fingerprint density at radius 2 is 1.90 bits per heavy atom. The lowest BCUT2D eigenvalue weighted by Crippen LogP contribution is -2.26. The Morgan fingerprint density at radius 1 is 1.20 bits per heavy atom. The van der Waals surface area contributed by atoms with Crippen molar-refractivity contribution in [3.8, 4) is 0 Å². The molecule has 1 rings (SSSR count). The van der Waals surface area contributed by atoms with Crippen molar-refractivity contribution in [1.82, 2.24) is 10.6 Å². The summed E-state index contributed by atoms with van der Waals surface area (Å²) >= 11 is 0. The molecule has 0 aliphatic carbocycles. The summed E-state index contributed by atoms with van der Waals surface area (Å²) in [4.78, 5) is 23.2. The highest BCUT2D eigenvalue weighted by atomic mass is 16.5. The second-order valence-electron chi connectivity index (χ2n) is 4.26. The van der Waals surface area contributed by atoms with Gasteiger partial charge in [0.2, 0.25) is 5.91 Å². The molecule has 3 N–H and O–H groups in total. The van der Waals surface area contributed by atoms with E-state index in [0.29, 0.717) is 24.4 Å². The lowest BCUT2D eigenvalue weighted by Gasteiger charge is -2.07. The van der Waals surface area contributed by atoms with E-state index in [-0.39, 0.29) is 18.4 Å². The van der Waals surface area contributed by atoms with Crippen LogP contribution < -0.4 is 16.0 Å². The Kier molecular flexibility index (Phi) is 7.31. The van der Waals surface area contributed by atoms with Gasteiger partial charge in [-0.15, -0.1) is 0 Å². The van der Waals surface area contributed by atoms with Gasteiger partial charge in [0, 0.05) is 31.5 Å². The first-order chi connectivity index (χ1) is 9.67. The summed E-state index contributed by atoms with van der Waals surface area (Å²) in [5.74, 6) is -0.251. The molecular weight excluding hydrogens is 258 g/mol. The molecule has 0 saturated carbocycles. The summed E-state index contributed by atoms with van der Waals surface area (Å²) in [6.45, 7) is 1.45. The van der Waals surface area contributed by atoms with Crippen molar-refractivity contribution in [2.75, 3.05) is 39.2 Å². The van der Waals surface area contributed by atoms with Gasteiger partial charge in [-0.25, -0.2) is 0 Å². The number of carbonyl (C=O) groups excluding carboxylic acids is 2. The molecule has 0 radical (unpaired) electrons. The zero-order valence-electron chi connectivity index (χ0n) is 11.9. The average molecular weight is 279 g/mol. The van der Waals surface area contributed by atoms with Gasteiger partial charge in [0.25, 0.3) is 5.91 Å². The van der Waals surface area contributed by atoms with Crippen molar-refractivity contribution in [3.63, 3.8) is 0 Å². The van der Waals surface area contributed by atoms with Crippen LogP contribution in [0.5, 0.6) is 0 Å². The molecule has 0 atom stereocenters. The number of hydrogen-bond acceptors (Lipinski definition) is 4. The number of ether oxygens (including phenoxy) is 1. The second-order valence-corrected chi connectivity index (χ2v) is 4.26. The summed E-state index contributed by atoms with van der Waals surface area (Å²) in [6.07, 6.45) is 0.778. The Bertz CT molecular complexity index is 432. The number of hydrogen-bond donors (Lipinski definition) is 3. The average Bonchev–Trinajstić information content (AvgIpc) is 2.44. The first-order valence-corrected chi connectivity index (χ1v) is 6.49. The molecule has 0 aliphatic heterocycles. The lowest BCUT2D eigenvalue weighted by molar-refractivity contribution is -0.115. The van der Waals surface area contributed by atoms with Crippen LogP contribution in [0.15, 0.2) is 24.3 Å². The van der Waals surface area contributed by atoms with E-state index < -0.39 is 0 Å². The number of likely N-dealkylation sites (N-methyl/N-ethyl adjacent to an activating group) is 1. The van der Waals surface area contributed by atoms with Crippen LogP contribution in [0.3, 0.4) is 0 Å². The van der Waals surface area contributed by atoms with E-state index in [9.17, 15) is 9.59 Å². The summed E-state index contributed by atoms with van der Waals surface area (Å²) in [5.41, 5.74) is 1.23. The SMILES string of the molecule is CNCC(=O)Nc1ccc(C(=O)NCCCOC)cc1. The van der Waals surface area contributed by atoms with Crippen LogP contribution >= 0.6 is 0 Å². The summed E-state index contributed by atoms with van der Waals surface area (Å²) in [6, 6.07) is 6.77. The third-order valence-corrected chi connectivity index (χ3v) is 2.58. The molecule has 0 bridgehead atoms. The van der Waals surface area contributed by atoms with E-state index in [1.807, 2.05) is 0 Å². The van der Waals surface area contributed by atoms with Crippen LogP contribution in [-0.2, 0) is 9.53 Å². The zero-order valence-corrected chi connectivity index (χ0v) is 11.9. The van der Waals surface area contributed by atoms with E-state index in [4.69, 9.17) is 4.74 Å². The first-order valence-electron chi connectivity index (χ1n) is 6.49. The summed E-state index contributed by atoms with van der Waals surface area (Å²) in [7, 11) is 3.33. The molecule has 6 heteroatoms. The second kappa shape index (κ2) is 9.06. The third-order valence-electron chi connectivity index (χ3n) is 2.58. The first kappa shape index (κ1) is 16.1. The Balaban J connectivity index is 2.45. The molecule has 2 amide bonds. The van der Waals surface area contributed by atoms with Gasteiger partial charge in [-0.1, -0.05) is 0 Å². The molecule has 20 heavy (non-hydrogen) atoms. The van der Waals surface area contributed by atoms with Gasteiger partial charge in [0.1, 0.15) is 0 Å². The molecular formula is C14H21N3O3. The maximum Gasteiger partial charge on any atom is 0.251 e. The Labute approximate surface area is 118 Å². The number of rotatable bonds is 8. The van der Waals surface area contributed by atoms with E-state index >= 15 is 0 Å². The van der Waals surface area contributed by atoms with Gasteiger partial charge < -0.3 is 20.7 Å². The monoisotopic (exact) mass is 279 g/mol. The smallest absolute Gasteiger partial charge is 0.251 e. The number of amides is 2. The molecule has 0 fully saturated rings. The van der Waals surface area contributed by atoms with Crippen molar-refractivity contribution in [2.24, 2.45) is 0 Å². The topological polar surface area (TPSA) is 79.5 Å². The molecule has 0 aliphatic rings. The largest absolute Gasteiger partial charge is 0.385 e. The zero-order chi connectivity index (χ0) is 14.8. The minimum Gasteiger partial charge on any atom is -0.385 e. The van der Waals surface area contributed by atoms with E-state index in [2.05, 4.69) is 16.0 Å². The molecule has 0 saturated heterocycles. The van der Waals surface area contributed by atoms with Crippen LogP contribution in [0.2, 0.25) is 0 Å². The van der Waals surface area contributed by atoms with E-state index in [1.165, 1.54) is 0 Å². The Hall–Kier alpha value is -1.92. The minimum atomic E-state index is -0.130. The molecule has 110 valence electrons. The van der Waals surface area contributed by atoms with Crippen LogP contribution in [0, 0.1) is 0 Å². The number of methoxy groups -OCH3 is 1. The van der Waals surface area contributed by atoms with Crippen molar-refractivity contribution in [1.29, 1.82) is 0 Å². The van der Waals surface area contributed by atoms with E-state index in [0.717, 1.165) is 6.42 Å². The predicted octanol–water partition coefficient (Wildman–Crippen LogP) is 0.611. The van der Waals surface area contributed by atoms with Crippen molar-refractivity contribution >= 4 is 17.5 Å². The predicted molar refractivity (Wildman–Crippen MR) is 77.8 cm³/mol. The lowest BCUT2D eigenvalue weighted by atomic mass is 10.2. The maximum atomic E-state index is 11.8. The molecule has 6 nitrogen and oxygen atoms in total. The fraction of sp³-hybridized carbons (Fsp3) is 0.429. The quantitative estimate of drug-likeness (QED) is 0.609. The van der Waals surface area contributed by atoms with Gasteiger partial charge in [0.15, 0.2) is 0 Å². The van der Waals surface area contributed by atoms with Crippen molar-refractivity contribution in [2.45, 2.75) is 6.42 Å². The Morgan fingerprint density at radius 3 is 2.50 bits per heavy atom. The highest BCUT2D eigenvalue weighted by Gasteiger charge is 2.05. The standard InChI is InChI=1S/C14H21N3O3/c1-15-10-13(18)17-12-6-4-11(5-7-12)14(19)16-8-3-9-20-2/h4-7,15H,3,8-10H2,1-2H3,(H,16,19)(H,17,18). The van der Waals surface area contributed by atoms with Crippen molar-refractivity contribution in [3.05, 3.63) is 29.8 Å². The number of carbonyl (C=O) groups is 2. The van der Waals surface area contributed by atoms with Crippen molar-refractivity contribution < 1.29 is 14.3 Å². The molecule has 0 heterocycles. The number of anilines is 1. The van der Waals surface area contributed by atoms with Crippen LogP contribution in [0.1, 0.15) is 16.8 Å². The fourth-order valence-corrected chi connectivity index (χ4v) is 1.59. The van der Waals surface area contributed by atoms with Crippen LogP contribution in [0.4, 0.5) is 5.69 Å². The van der Waals surface area contributed by atoms with Crippen LogP contribution in [-0.4, -0.2) is 45.7 Å². The van der Waals surface area contributed by atoms with Gasteiger partial charge in [-0.2, -0.15) is 0 Å². The van der Waals surface area contributed by atoms with E-state index in [1.54, 1.807) is 38.4 Å². The molecule has 0 unspecified atom stereocenters. The number of benzene rings is 1. The number of nitrogens with one attached hydrogen (secondary N) is 3. The molecule has 1 aromatic rings. The molecule has 0 spiro atoms. The highest BCUT2D eigenvalue weighted by Crippen LogP contribution is 2.09. The highest BCUT2D eigenvalue weighted by molar-refractivity contribution is 5.96. The van der Waals surface area contributed by atoms with Crippen LogP contribution in [0.25, 0.3) is 0 Å².